The van der Waals surface area contributed by atoms with Gasteiger partial charge in [-0.2, -0.15) is 23.3 Å². The van der Waals surface area contributed by atoms with Crippen LogP contribution in [0.2, 0.25) is 0 Å². The van der Waals surface area contributed by atoms with Crippen molar-refractivity contribution in [2.75, 3.05) is 18.2 Å². The fourth-order valence-electron chi connectivity index (χ4n) is 2.98. The minimum Gasteiger partial charge on any atom is -0.490 e. The van der Waals surface area contributed by atoms with Crippen molar-refractivity contribution >= 4 is 29.4 Å². The maximum atomic E-state index is 13.0. The number of aliphatic carboxylic acids is 1. The van der Waals surface area contributed by atoms with E-state index in [1.807, 2.05) is 0 Å². The fourth-order valence-corrected chi connectivity index (χ4v) is 2.98. The van der Waals surface area contributed by atoms with Crippen LogP contribution in [0.5, 0.6) is 11.5 Å². The number of carboxylic acids is 1. The van der Waals surface area contributed by atoms with Gasteiger partial charge in [0.25, 0.3) is 5.91 Å². The van der Waals surface area contributed by atoms with Crippen LogP contribution >= 0.6 is 0 Å². The van der Waals surface area contributed by atoms with Gasteiger partial charge >= 0.3 is 12.1 Å². The van der Waals surface area contributed by atoms with Gasteiger partial charge in [-0.05, 0) is 55.8 Å². The van der Waals surface area contributed by atoms with Crippen molar-refractivity contribution in [1.29, 1.82) is 0 Å². The standard InChI is InChI=1S/C22H19F3N2O5/c1-3-31-19-10-14(7-8-18(19)32-12-20(28)29)9-17-13(2)26-27(21(17)30)16-6-4-5-15(11-16)22(23,24)25/h4-11H,3,12H2,1-2H3,(H,28,29)/b17-9-. The Morgan fingerprint density at radius 3 is 2.56 bits per heavy atom. The third kappa shape index (κ3) is 5.08. The Bertz CT molecular complexity index is 1110. The molecule has 1 amide bonds. The maximum absolute atomic E-state index is 13.0. The van der Waals surface area contributed by atoms with E-state index in [1.54, 1.807) is 26.0 Å². The Morgan fingerprint density at radius 1 is 1.16 bits per heavy atom. The molecule has 0 fully saturated rings. The molecule has 32 heavy (non-hydrogen) atoms. The number of amides is 1. The third-order valence-corrected chi connectivity index (χ3v) is 4.41. The van der Waals surface area contributed by atoms with Gasteiger partial charge in [0.1, 0.15) is 0 Å². The van der Waals surface area contributed by atoms with Crippen molar-refractivity contribution < 1.29 is 37.3 Å². The molecule has 10 heteroatoms. The van der Waals surface area contributed by atoms with Crippen molar-refractivity contribution in [3.63, 3.8) is 0 Å². The van der Waals surface area contributed by atoms with Crippen LogP contribution in [0.4, 0.5) is 18.9 Å². The molecular formula is C22H19F3N2O5. The average molecular weight is 448 g/mol. The van der Waals surface area contributed by atoms with Gasteiger partial charge in [0.05, 0.1) is 29.1 Å². The second-order valence-corrected chi connectivity index (χ2v) is 6.73. The summed E-state index contributed by atoms with van der Waals surface area (Å²) in [5.41, 5.74) is 0.187. The minimum atomic E-state index is -4.55. The topological polar surface area (TPSA) is 88.4 Å². The van der Waals surface area contributed by atoms with Gasteiger partial charge in [0, 0.05) is 0 Å². The lowest BCUT2D eigenvalue weighted by molar-refractivity contribution is -0.139. The molecule has 0 aliphatic carbocycles. The highest BCUT2D eigenvalue weighted by atomic mass is 19.4. The molecule has 168 valence electrons. The summed E-state index contributed by atoms with van der Waals surface area (Å²) in [5, 5.41) is 13.8. The van der Waals surface area contributed by atoms with Gasteiger partial charge in [-0.3, -0.25) is 4.79 Å². The molecule has 1 aliphatic heterocycles. The summed E-state index contributed by atoms with van der Waals surface area (Å²) in [6.07, 6.45) is -3.02. The van der Waals surface area contributed by atoms with Crippen LogP contribution in [-0.2, 0) is 15.8 Å². The molecule has 0 aromatic heterocycles. The number of hydrazone groups is 1. The van der Waals surface area contributed by atoms with Gasteiger partial charge in [0.2, 0.25) is 0 Å². The molecular weight excluding hydrogens is 429 g/mol. The van der Waals surface area contributed by atoms with Crippen LogP contribution in [0.25, 0.3) is 6.08 Å². The molecule has 0 spiro atoms. The van der Waals surface area contributed by atoms with E-state index < -0.39 is 30.2 Å². The number of benzene rings is 2. The van der Waals surface area contributed by atoms with Crippen LogP contribution in [0, 0.1) is 0 Å². The number of ether oxygens (including phenoxy) is 2. The van der Waals surface area contributed by atoms with Crippen molar-refractivity contribution in [2.24, 2.45) is 5.10 Å². The summed E-state index contributed by atoms with van der Waals surface area (Å²) in [6, 6.07) is 9.04. The largest absolute Gasteiger partial charge is 0.490 e. The number of hydrogen-bond acceptors (Lipinski definition) is 5. The first kappa shape index (κ1) is 22.9. The lowest BCUT2D eigenvalue weighted by Gasteiger charge is -2.14. The molecule has 2 aromatic rings. The highest BCUT2D eigenvalue weighted by molar-refractivity contribution is 6.32. The zero-order valence-electron chi connectivity index (χ0n) is 17.1. The Labute approximate surface area is 181 Å². The van der Waals surface area contributed by atoms with E-state index in [2.05, 4.69) is 5.10 Å². The second-order valence-electron chi connectivity index (χ2n) is 6.73. The Hall–Kier alpha value is -3.82. The number of halogens is 3. The molecule has 2 aromatic carbocycles. The monoisotopic (exact) mass is 448 g/mol. The van der Waals surface area contributed by atoms with Gasteiger partial charge in [-0.1, -0.05) is 12.1 Å². The van der Waals surface area contributed by atoms with E-state index in [1.165, 1.54) is 24.3 Å². The van der Waals surface area contributed by atoms with Gasteiger partial charge < -0.3 is 14.6 Å². The van der Waals surface area contributed by atoms with Crippen LogP contribution in [0.3, 0.4) is 0 Å². The number of carboxylic acid groups (broad SMARTS) is 1. The van der Waals surface area contributed by atoms with E-state index in [4.69, 9.17) is 14.6 Å². The fraction of sp³-hybridized carbons (Fsp3) is 0.227. The number of carbonyl (C=O) groups excluding carboxylic acids is 1. The summed E-state index contributed by atoms with van der Waals surface area (Å²) >= 11 is 0. The first-order valence-electron chi connectivity index (χ1n) is 9.50. The number of rotatable bonds is 7. The zero-order chi connectivity index (χ0) is 23.5. The van der Waals surface area contributed by atoms with Crippen LogP contribution < -0.4 is 14.5 Å². The second kappa shape index (κ2) is 9.13. The van der Waals surface area contributed by atoms with Crippen LogP contribution in [-0.4, -0.2) is 35.9 Å². The van der Waals surface area contributed by atoms with Crippen molar-refractivity contribution in [1.82, 2.24) is 0 Å². The molecule has 0 bridgehead atoms. The van der Waals surface area contributed by atoms with E-state index in [0.717, 1.165) is 17.1 Å². The van der Waals surface area contributed by atoms with Crippen molar-refractivity contribution in [2.45, 2.75) is 20.0 Å². The van der Waals surface area contributed by atoms with E-state index >= 15 is 0 Å². The lowest BCUT2D eigenvalue weighted by Crippen LogP contribution is -2.21. The van der Waals surface area contributed by atoms with Crippen LogP contribution in [0.1, 0.15) is 25.0 Å². The highest BCUT2D eigenvalue weighted by Gasteiger charge is 2.33. The number of alkyl halides is 3. The molecule has 0 unspecified atom stereocenters. The van der Waals surface area contributed by atoms with Gasteiger partial charge in [-0.15, -0.1) is 0 Å². The maximum Gasteiger partial charge on any atom is 0.416 e. The first-order valence-corrected chi connectivity index (χ1v) is 9.50. The Kier molecular flexibility index (Phi) is 6.52. The Balaban J connectivity index is 1.90. The smallest absolute Gasteiger partial charge is 0.416 e. The molecule has 3 rings (SSSR count). The van der Waals surface area contributed by atoms with Crippen molar-refractivity contribution in [3.8, 4) is 11.5 Å². The Morgan fingerprint density at radius 2 is 1.91 bits per heavy atom. The number of nitrogens with zero attached hydrogens (tertiary/aromatic N) is 2. The molecule has 0 atom stereocenters. The van der Waals surface area contributed by atoms with E-state index in [9.17, 15) is 22.8 Å². The molecule has 1 aliphatic rings. The number of anilines is 1. The molecule has 0 saturated carbocycles. The molecule has 0 radical (unpaired) electrons. The summed E-state index contributed by atoms with van der Waals surface area (Å²) in [5.74, 6) is -1.20. The normalized spacial score (nSPS) is 15.2. The predicted molar refractivity (Wildman–Crippen MR) is 111 cm³/mol. The SMILES string of the molecule is CCOc1cc(/C=C2\C(=O)N(c3cccc(C(F)(F)F)c3)N=C2C)ccc1OCC(=O)O. The molecule has 1 N–H and O–H groups in total. The third-order valence-electron chi connectivity index (χ3n) is 4.41. The summed E-state index contributed by atoms with van der Waals surface area (Å²) in [4.78, 5) is 23.6. The van der Waals surface area contributed by atoms with Crippen LogP contribution in [0.15, 0.2) is 53.1 Å². The first-order chi connectivity index (χ1) is 15.1. The van der Waals surface area contributed by atoms with Gasteiger partial charge in [-0.25, -0.2) is 4.79 Å². The summed E-state index contributed by atoms with van der Waals surface area (Å²) < 4.78 is 49.7. The molecule has 0 saturated heterocycles. The van der Waals surface area contributed by atoms with E-state index in [-0.39, 0.29) is 22.8 Å². The average Bonchev–Trinajstić information content (AvgIpc) is 3.01. The summed E-state index contributed by atoms with van der Waals surface area (Å²) in [7, 11) is 0. The molecule has 1 heterocycles. The lowest BCUT2D eigenvalue weighted by atomic mass is 10.1. The molecule has 7 nitrogen and oxygen atoms in total. The van der Waals surface area contributed by atoms with Crippen molar-refractivity contribution in [3.05, 3.63) is 59.2 Å². The number of hydrogen-bond donors (Lipinski definition) is 1. The van der Waals surface area contributed by atoms with E-state index in [0.29, 0.717) is 17.9 Å². The van der Waals surface area contributed by atoms with Gasteiger partial charge in [0.15, 0.2) is 18.1 Å². The zero-order valence-corrected chi connectivity index (χ0v) is 17.1. The quantitative estimate of drug-likeness (QED) is 0.636. The number of carbonyl (C=O) groups is 2. The minimum absolute atomic E-state index is 0.000000994. The predicted octanol–water partition coefficient (Wildman–Crippen LogP) is 4.37. The highest BCUT2D eigenvalue weighted by Crippen LogP contribution is 2.34. The summed E-state index contributed by atoms with van der Waals surface area (Å²) in [6.45, 7) is 3.07.